The van der Waals surface area contributed by atoms with Gasteiger partial charge >= 0.3 is 6.03 Å². The van der Waals surface area contributed by atoms with E-state index >= 15 is 0 Å². The van der Waals surface area contributed by atoms with Gasteiger partial charge in [-0.05, 0) is 45.0 Å². The number of rotatable bonds is 4. The fourth-order valence-corrected chi connectivity index (χ4v) is 4.70. The molecular weight excluding hydrogens is 413 g/mol. The Labute approximate surface area is 167 Å². The van der Waals surface area contributed by atoms with E-state index in [1.54, 1.807) is 32.9 Å². The summed E-state index contributed by atoms with van der Waals surface area (Å²) in [6.07, 6.45) is 0. The van der Waals surface area contributed by atoms with Crippen molar-refractivity contribution in [2.45, 2.75) is 31.2 Å². The molecule has 0 unspecified atom stereocenters. The standard InChI is InChI=1S/C17H19Cl2N3O4S/c1-17(2,3)21-27(25,26)15-11(19)8-9-13(14(15)23)22(16(20)24)12-7-5-4-6-10(12)18/h4-9,21,23H,1-3H3,(H2,20,24). The van der Waals surface area contributed by atoms with E-state index in [1.807, 2.05) is 0 Å². The predicted octanol–water partition coefficient (Wildman–Crippen LogP) is 3.99. The Morgan fingerprint density at radius 2 is 1.67 bits per heavy atom. The summed E-state index contributed by atoms with van der Waals surface area (Å²) in [5.74, 6) is -0.724. The van der Waals surface area contributed by atoms with Gasteiger partial charge in [0, 0.05) is 5.54 Å². The van der Waals surface area contributed by atoms with Gasteiger partial charge in [-0.2, -0.15) is 0 Å². The molecule has 0 bridgehead atoms. The number of nitrogens with one attached hydrogen (secondary N) is 1. The summed E-state index contributed by atoms with van der Waals surface area (Å²) in [6.45, 7) is 4.91. The second kappa shape index (κ2) is 7.55. The summed E-state index contributed by atoms with van der Waals surface area (Å²) in [6, 6.07) is 7.86. The van der Waals surface area contributed by atoms with E-state index < -0.39 is 32.2 Å². The molecule has 7 nitrogen and oxygen atoms in total. The number of halogens is 2. The summed E-state index contributed by atoms with van der Waals surface area (Å²) in [4.78, 5) is 12.4. The maximum atomic E-state index is 12.7. The number of benzene rings is 2. The average Bonchev–Trinajstić information content (AvgIpc) is 2.48. The number of carbonyl (C=O) groups is 1. The lowest BCUT2D eigenvalue weighted by Gasteiger charge is -2.25. The molecule has 0 aliphatic carbocycles. The van der Waals surface area contributed by atoms with Crippen LogP contribution in [0, 0.1) is 0 Å². The molecule has 0 saturated carbocycles. The highest BCUT2D eigenvalue weighted by atomic mass is 35.5. The molecule has 27 heavy (non-hydrogen) atoms. The molecule has 0 atom stereocenters. The number of nitrogens with zero attached hydrogens (tertiary/aromatic N) is 1. The number of carbonyl (C=O) groups excluding carboxylic acids is 1. The number of primary amides is 1. The van der Waals surface area contributed by atoms with Gasteiger partial charge in [0.25, 0.3) is 0 Å². The first-order chi connectivity index (χ1) is 12.3. The van der Waals surface area contributed by atoms with Crippen molar-refractivity contribution in [2.75, 3.05) is 4.90 Å². The fraction of sp³-hybridized carbons (Fsp3) is 0.235. The van der Waals surface area contributed by atoms with Crippen LogP contribution >= 0.6 is 23.2 Å². The minimum atomic E-state index is -4.20. The zero-order valence-corrected chi connectivity index (χ0v) is 17.2. The van der Waals surface area contributed by atoms with Crippen molar-refractivity contribution in [1.82, 2.24) is 4.72 Å². The van der Waals surface area contributed by atoms with Crippen molar-refractivity contribution in [1.29, 1.82) is 0 Å². The first-order valence-corrected chi connectivity index (χ1v) is 9.98. The lowest BCUT2D eigenvalue weighted by molar-refractivity contribution is 0.256. The van der Waals surface area contributed by atoms with Gasteiger partial charge in [0.15, 0.2) is 5.75 Å². The van der Waals surface area contributed by atoms with Crippen LogP contribution in [0.1, 0.15) is 20.8 Å². The highest BCUT2D eigenvalue weighted by molar-refractivity contribution is 7.89. The highest BCUT2D eigenvalue weighted by Gasteiger charge is 2.31. The molecule has 0 aromatic heterocycles. The Morgan fingerprint density at radius 1 is 1.07 bits per heavy atom. The second-order valence-electron chi connectivity index (χ2n) is 6.72. The van der Waals surface area contributed by atoms with Crippen molar-refractivity contribution in [3.63, 3.8) is 0 Å². The first-order valence-electron chi connectivity index (χ1n) is 7.74. The molecule has 146 valence electrons. The van der Waals surface area contributed by atoms with E-state index in [-0.39, 0.29) is 21.4 Å². The van der Waals surface area contributed by atoms with Gasteiger partial charge in [-0.3, -0.25) is 4.90 Å². The number of phenolic OH excluding ortho intramolecular Hbond substituents is 1. The van der Waals surface area contributed by atoms with Crippen molar-refractivity contribution >= 4 is 50.6 Å². The SMILES string of the molecule is CC(C)(C)NS(=O)(=O)c1c(Cl)ccc(N(C(N)=O)c2ccccc2Cl)c1O. The van der Waals surface area contributed by atoms with E-state index in [2.05, 4.69) is 4.72 Å². The van der Waals surface area contributed by atoms with Gasteiger partial charge < -0.3 is 10.8 Å². The quantitative estimate of drug-likeness (QED) is 0.678. The van der Waals surface area contributed by atoms with Gasteiger partial charge in [-0.1, -0.05) is 35.3 Å². The normalized spacial score (nSPS) is 12.0. The summed E-state index contributed by atoms with van der Waals surface area (Å²) >= 11 is 12.2. The third-order valence-corrected chi connectivity index (χ3v) is 5.90. The lowest BCUT2D eigenvalue weighted by Crippen LogP contribution is -2.40. The third kappa shape index (κ3) is 4.65. The van der Waals surface area contributed by atoms with Crippen LogP contribution in [-0.2, 0) is 10.0 Å². The van der Waals surface area contributed by atoms with Gasteiger partial charge in [0.05, 0.1) is 21.4 Å². The predicted molar refractivity (Wildman–Crippen MR) is 106 cm³/mol. The molecule has 2 amide bonds. The number of sulfonamides is 1. The topological polar surface area (TPSA) is 113 Å². The van der Waals surface area contributed by atoms with E-state index in [0.29, 0.717) is 0 Å². The van der Waals surface area contributed by atoms with E-state index in [9.17, 15) is 18.3 Å². The molecular formula is C17H19Cl2N3O4S. The third-order valence-electron chi connectivity index (χ3n) is 3.33. The number of urea groups is 1. The number of hydrogen-bond donors (Lipinski definition) is 3. The molecule has 0 heterocycles. The maximum Gasteiger partial charge on any atom is 0.324 e. The molecule has 0 aliphatic heterocycles. The number of hydrogen-bond acceptors (Lipinski definition) is 4. The largest absolute Gasteiger partial charge is 0.504 e. The van der Waals surface area contributed by atoms with Gasteiger partial charge in [-0.15, -0.1) is 0 Å². The van der Waals surface area contributed by atoms with Crippen LogP contribution in [0.4, 0.5) is 16.2 Å². The Kier molecular flexibility index (Phi) is 5.96. The molecule has 2 aromatic rings. The minimum absolute atomic E-state index is 0.172. The van der Waals surface area contributed by atoms with Crippen LogP contribution in [0.5, 0.6) is 5.75 Å². The first kappa shape index (κ1) is 21.3. The zero-order chi connectivity index (χ0) is 20.6. The molecule has 4 N–H and O–H groups in total. The maximum absolute atomic E-state index is 12.7. The molecule has 0 radical (unpaired) electrons. The van der Waals surface area contributed by atoms with Crippen LogP contribution in [0.3, 0.4) is 0 Å². The van der Waals surface area contributed by atoms with Gasteiger partial charge in [-0.25, -0.2) is 17.9 Å². The van der Waals surface area contributed by atoms with Crippen LogP contribution in [0.15, 0.2) is 41.3 Å². The van der Waals surface area contributed by atoms with Crippen molar-refractivity contribution in [3.05, 3.63) is 46.4 Å². The Balaban J connectivity index is 2.73. The number of nitrogens with two attached hydrogens (primary N) is 1. The Hall–Kier alpha value is -2.00. The lowest BCUT2D eigenvalue weighted by atomic mass is 10.1. The zero-order valence-electron chi connectivity index (χ0n) is 14.8. The van der Waals surface area contributed by atoms with Crippen molar-refractivity contribution in [3.8, 4) is 5.75 Å². The van der Waals surface area contributed by atoms with E-state index in [1.165, 1.54) is 24.3 Å². The van der Waals surface area contributed by atoms with Crippen LogP contribution in [0.2, 0.25) is 10.0 Å². The molecule has 0 saturated heterocycles. The van der Waals surface area contributed by atoms with Crippen LogP contribution in [0.25, 0.3) is 0 Å². The summed E-state index contributed by atoms with van der Waals surface area (Å²) in [7, 11) is -4.20. The second-order valence-corrected chi connectivity index (χ2v) is 9.16. The summed E-state index contributed by atoms with van der Waals surface area (Å²) in [5.41, 5.74) is 4.64. The van der Waals surface area contributed by atoms with Gasteiger partial charge in [0.2, 0.25) is 10.0 Å². The van der Waals surface area contributed by atoms with Crippen molar-refractivity contribution < 1.29 is 18.3 Å². The average molecular weight is 432 g/mol. The number of amides is 2. The van der Waals surface area contributed by atoms with Gasteiger partial charge in [0.1, 0.15) is 4.90 Å². The number of aromatic hydroxyl groups is 1. The molecule has 10 heteroatoms. The minimum Gasteiger partial charge on any atom is -0.504 e. The van der Waals surface area contributed by atoms with Crippen LogP contribution < -0.4 is 15.4 Å². The van der Waals surface area contributed by atoms with Crippen LogP contribution in [-0.4, -0.2) is 25.1 Å². The molecule has 0 fully saturated rings. The molecule has 2 rings (SSSR count). The highest BCUT2D eigenvalue weighted by Crippen LogP contribution is 2.42. The number of anilines is 2. The summed E-state index contributed by atoms with van der Waals surface area (Å²) < 4.78 is 27.8. The fourth-order valence-electron chi connectivity index (χ4n) is 2.43. The van der Waals surface area contributed by atoms with Crippen molar-refractivity contribution in [2.24, 2.45) is 5.73 Å². The van der Waals surface area contributed by atoms with E-state index in [0.717, 1.165) is 4.90 Å². The number of phenols is 1. The Morgan fingerprint density at radius 3 is 2.19 bits per heavy atom. The van der Waals surface area contributed by atoms with E-state index in [4.69, 9.17) is 28.9 Å². The summed E-state index contributed by atoms with van der Waals surface area (Å²) in [5, 5.41) is 10.6. The Bertz CT molecular complexity index is 988. The molecule has 0 spiro atoms. The monoisotopic (exact) mass is 431 g/mol. The smallest absolute Gasteiger partial charge is 0.324 e. The molecule has 0 aliphatic rings. The molecule has 2 aromatic carbocycles. The number of para-hydroxylation sites is 1.